The van der Waals surface area contributed by atoms with Crippen LogP contribution in [0.2, 0.25) is 0 Å². The quantitative estimate of drug-likeness (QED) is 0.821. The van der Waals surface area contributed by atoms with Gasteiger partial charge in [-0.3, -0.25) is 0 Å². The van der Waals surface area contributed by atoms with Crippen LogP contribution in [-0.2, 0) is 4.74 Å². The third-order valence-electron chi connectivity index (χ3n) is 3.58. The third kappa shape index (κ3) is 4.49. The lowest BCUT2D eigenvalue weighted by Gasteiger charge is -2.19. The van der Waals surface area contributed by atoms with Crippen molar-refractivity contribution >= 4 is 11.7 Å². The first-order chi connectivity index (χ1) is 10.6. The number of nitrogens with one attached hydrogen (secondary N) is 1. The number of hydrogen-bond acceptors (Lipinski definition) is 3. The molecular weight excluding hydrogens is 280 g/mol. The van der Waals surface area contributed by atoms with Crippen LogP contribution in [0.25, 0.3) is 0 Å². The van der Waals surface area contributed by atoms with Crippen LogP contribution in [0.1, 0.15) is 18.4 Å². The van der Waals surface area contributed by atoms with Gasteiger partial charge < -0.3 is 19.7 Å². The summed E-state index contributed by atoms with van der Waals surface area (Å²) < 4.78 is 11.4. The van der Waals surface area contributed by atoms with Gasteiger partial charge in [-0.05, 0) is 37.5 Å². The molecule has 1 aromatic carbocycles. The Morgan fingerprint density at radius 1 is 1.59 bits per heavy atom. The van der Waals surface area contributed by atoms with Gasteiger partial charge in [0.05, 0.1) is 11.8 Å². The van der Waals surface area contributed by atoms with E-state index in [1.165, 1.54) is 0 Å². The average Bonchev–Trinajstić information content (AvgIpc) is 3.01. The van der Waals surface area contributed by atoms with Crippen LogP contribution in [0, 0.1) is 6.92 Å². The molecule has 120 valence electrons. The van der Waals surface area contributed by atoms with E-state index in [-0.39, 0.29) is 12.1 Å². The van der Waals surface area contributed by atoms with Crippen LogP contribution in [0.5, 0.6) is 5.75 Å². The van der Waals surface area contributed by atoms with Gasteiger partial charge in [0.1, 0.15) is 12.4 Å². The largest absolute Gasteiger partial charge is 0.489 e. The average molecular weight is 304 g/mol. The lowest BCUT2D eigenvalue weighted by atomic mass is 10.2. The lowest BCUT2D eigenvalue weighted by molar-refractivity contribution is 0.0682. The smallest absolute Gasteiger partial charge is 0.321 e. The lowest BCUT2D eigenvalue weighted by Crippen LogP contribution is -2.31. The summed E-state index contributed by atoms with van der Waals surface area (Å²) in [5, 5.41) is 2.87. The van der Waals surface area contributed by atoms with Gasteiger partial charge in [0.2, 0.25) is 0 Å². The first kappa shape index (κ1) is 16.4. The maximum absolute atomic E-state index is 12.1. The minimum atomic E-state index is -0.189. The van der Waals surface area contributed by atoms with Gasteiger partial charge in [-0.25, -0.2) is 4.79 Å². The zero-order valence-corrected chi connectivity index (χ0v) is 13.3. The molecule has 0 aromatic heterocycles. The zero-order chi connectivity index (χ0) is 15.9. The molecule has 1 aliphatic rings. The van der Waals surface area contributed by atoms with Gasteiger partial charge >= 0.3 is 6.03 Å². The number of anilines is 1. The van der Waals surface area contributed by atoms with E-state index in [0.717, 1.165) is 25.0 Å². The Balaban J connectivity index is 2.02. The Morgan fingerprint density at radius 2 is 2.41 bits per heavy atom. The second-order valence-corrected chi connectivity index (χ2v) is 5.54. The molecule has 5 nitrogen and oxygen atoms in total. The molecule has 0 saturated carbocycles. The molecule has 1 aromatic rings. The van der Waals surface area contributed by atoms with Crippen LogP contribution in [0.15, 0.2) is 30.9 Å². The van der Waals surface area contributed by atoms with E-state index >= 15 is 0 Å². The fourth-order valence-electron chi connectivity index (χ4n) is 2.30. The Bertz CT molecular complexity index is 525. The van der Waals surface area contributed by atoms with E-state index in [1.54, 1.807) is 18.0 Å². The maximum Gasteiger partial charge on any atom is 0.321 e. The molecule has 1 heterocycles. The van der Waals surface area contributed by atoms with Crippen LogP contribution < -0.4 is 10.1 Å². The normalized spacial score (nSPS) is 17.1. The van der Waals surface area contributed by atoms with Crippen molar-refractivity contribution in [3.8, 4) is 5.75 Å². The predicted molar refractivity (Wildman–Crippen MR) is 87.5 cm³/mol. The Hall–Kier alpha value is -2.01. The van der Waals surface area contributed by atoms with Crippen molar-refractivity contribution < 1.29 is 14.3 Å². The Morgan fingerprint density at radius 3 is 3.09 bits per heavy atom. The zero-order valence-electron chi connectivity index (χ0n) is 13.3. The number of carbonyl (C=O) groups excluding carboxylic acids is 1. The molecule has 1 saturated heterocycles. The number of nitrogens with zero attached hydrogens (tertiary/aromatic N) is 1. The highest BCUT2D eigenvalue weighted by Crippen LogP contribution is 2.27. The standard InChI is InChI=1S/C17H24N2O3/c1-4-9-19(3)17(20)18-15-8-7-13(2)11-16(15)22-12-14-6-5-10-21-14/h4,7-8,11,14H,1,5-6,9-10,12H2,2-3H3,(H,18,20)/t14-/m1/s1. The first-order valence-electron chi connectivity index (χ1n) is 7.58. The molecule has 1 N–H and O–H groups in total. The number of amides is 2. The summed E-state index contributed by atoms with van der Waals surface area (Å²) in [7, 11) is 1.72. The van der Waals surface area contributed by atoms with Gasteiger partial charge in [0, 0.05) is 20.2 Å². The molecular formula is C17H24N2O3. The molecule has 1 fully saturated rings. The summed E-state index contributed by atoms with van der Waals surface area (Å²) in [6.45, 7) is 7.43. The summed E-state index contributed by atoms with van der Waals surface area (Å²) in [6, 6.07) is 5.55. The van der Waals surface area contributed by atoms with Gasteiger partial charge in [-0.2, -0.15) is 0 Å². The predicted octanol–water partition coefficient (Wildman–Crippen LogP) is 3.20. The Kier molecular flexibility index (Phi) is 5.83. The van der Waals surface area contributed by atoms with Crippen molar-refractivity contribution in [2.45, 2.75) is 25.9 Å². The van der Waals surface area contributed by atoms with Crippen LogP contribution in [0.3, 0.4) is 0 Å². The van der Waals surface area contributed by atoms with E-state index in [0.29, 0.717) is 24.6 Å². The van der Waals surface area contributed by atoms with Crippen LogP contribution in [0.4, 0.5) is 10.5 Å². The molecule has 0 radical (unpaired) electrons. The number of hydrogen-bond donors (Lipinski definition) is 1. The summed E-state index contributed by atoms with van der Waals surface area (Å²) in [5.74, 6) is 0.677. The molecule has 1 atom stereocenters. The second kappa shape index (κ2) is 7.84. The van der Waals surface area contributed by atoms with E-state index in [2.05, 4.69) is 11.9 Å². The summed E-state index contributed by atoms with van der Waals surface area (Å²) in [6.07, 6.45) is 3.93. The molecule has 1 aliphatic heterocycles. The number of likely N-dealkylation sites (N-methyl/N-ethyl adjacent to an activating group) is 1. The van der Waals surface area contributed by atoms with Gasteiger partial charge in [0.25, 0.3) is 0 Å². The van der Waals surface area contributed by atoms with Crippen molar-refractivity contribution in [3.05, 3.63) is 36.4 Å². The first-order valence-corrected chi connectivity index (χ1v) is 7.58. The second-order valence-electron chi connectivity index (χ2n) is 5.54. The molecule has 2 amide bonds. The topological polar surface area (TPSA) is 50.8 Å². The summed E-state index contributed by atoms with van der Waals surface area (Å²) >= 11 is 0. The molecule has 0 spiro atoms. The van der Waals surface area contributed by atoms with Crippen molar-refractivity contribution in [1.29, 1.82) is 0 Å². The van der Waals surface area contributed by atoms with Crippen molar-refractivity contribution in [1.82, 2.24) is 4.90 Å². The van der Waals surface area contributed by atoms with Gasteiger partial charge in [-0.15, -0.1) is 6.58 Å². The molecule has 0 unspecified atom stereocenters. The molecule has 22 heavy (non-hydrogen) atoms. The summed E-state index contributed by atoms with van der Waals surface area (Å²) in [5.41, 5.74) is 1.75. The third-order valence-corrected chi connectivity index (χ3v) is 3.58. The number of urea groups is 1. The number of benzene rings is 1. The Labute approximate surface area is 131 Å². The minimum Gasteiger partial charge on any atom is -0.489 e. The minimum absolute atomic E-state index is 0.146. The number of rotatable bonds is 6. The SMILES string of the molecule is C=CCN(C)C(=O)Nc1ccc(C)cc1OC[C@H]1CCCO1. The van der Waals surface area contributed by atoms with Gasteiger partial charge in [-0.1, -0.05) is 12.1 Å². The number of ether oxygens (including phenoxy) is 2. The van der Waals surface area contributed by atoms with Crippen LogP contribution >= 0.6 is 0 Å². The highest BCUT2D eigenvalue weighted by Gasteiger charge is 2.17. The van der Waals surface area contributed by atoms with E-state index in [9.17, 15) is 4.79 Å². The maximum atomic E-state index is 12.1. The van der Waals surface area contributed by atoms with Crippen molar-refractivity contribution in [2.24, 2.45) is 0 Å². The highest BCUT2D eigenvalue weighted by atomic mass is 16.5. The number of aryl methyl sites for hydroxylation is 1. The number of carbonyl (C=O) groups is 1. The molecule has 2 rings (SSSR count). The summed E-state index contributed by atoms with van der Waals surface area (Å²) in [4.78, 5) is 13.6. The van der Waals surface area contributed by atoms with Crippen molar-refractivity contribution in [2.75, 3.05) is 32.1 Å². The fourth-order valence-corrected chi connectivity index (χ4v) is 2.30. The van der Waals surface area contributed by atoms with Crippen LogP contribution in [-0.4, -0.2) is 43.8 Å². The monoisotopic (exact) mass is 304 g/mol. The van der Waals surface area contributed by atoms with Gasteiger partial charge in [0.15, 0.2) is 0 Å². The molecule has 0 aliphatic carbocycles. The highest BCUT2D eigenvalue weighted by molar-refractivity contribution is 5.91. The van der Waals surface area contributed by atoms with E-state index < -0.39 is 0 Å². The van der Waals surface area contributed by atoms with Crippen molar-refractivity contribution in [3.63, 3.8) is 0 Å². The molecule has 0 bridgehead atoms. The van der Waals surface area contributed by atoms with E-state index in [4.69, 9.17) is 9.47 Å². The van der Waals surface area contributed by atoms with E-state index in [1.807, 2.05) is 25.1 Å². The fraction of sp³-hybridized carbons (Fsp3) is 0.471. The molecule has 5 heteroatoms.